The molecule has 6 heteroatoms. The SMILES string of the molecule is NC(=O)Nc1ccc(CNC(=O)CCc2ccc(F)cc2)cc1. The van der Waals surface area contributed by atoms with E-state index in [9.17, 15) is 14.0 Å². The molecule has 0 bridgehead atoms. The van der Waals surface area contributed by atoms with E-state index in [1.54, 1.807) is 36.4 Å². The highest BCUT2D eigenvalue weighted by Crippen LogP contribution is 2.09. The Morgan fingerprint density at radius 2 is 1.57 bits per heavy atom. The summed E-state index contributed by atoms with van der Waals surface area (Å²) in [5, 5.41) is 5.28. The third kappa shape index (κ3) is 5.78. The fourth-order valence-electron chi connectivity index (χ4n) is 2.05. The highest BCUT2D eigenvalue weighted by atomic mass is 19.1. The Morgan fingerprint density at radius 1 is 0.957 bits per heavy atom. The maximum absolute atomic E-state index is 12.8. The molecular weight excluding hydrogens is 297 g/mol. The molecule has 0 aliphatic rings. The summed E-state index contributed by atoms with van der Waals surface area (Å²) in [4.78, 5) is 22.5. The minimum atomic E-state index is -0.619. The van der Waals surface area contributed by atoms with Crippen molar-refractivity contribution < 1.29 is 14.0 Å². The van der Waals surface area contributed by atoms with Crippen LogP contribution in [0, 0.1) is 5.82 Å². The molecule has 23 heavy (non-hydrogen) atoms. The fraction of sp³-hybridized carbons (Fsp3) is 0.176. The number of halogens is 1. The molecule has 0 fully saturated rings. The molecule has 5 nitrogen and oxygen atoms in total. The number of primary amides is 1. The first-order chi connectivity index (χ1) is 11.0. The van der Waals surface area contributed by atoms with E-state index in [1.807, 2.05) is 0 Å². The number of nitrogens with one attached hydrogen (secondary N) is 2. The molecule has 3 amide bonds. The number of carbonyl (C=O) groups excluding carboxylic acids is 2. The van der Waals surface area contributed by atoms with Gasteiger partial charge in [0.05, 0.1) is 0 Å². The lowest BCUT2D eigenvalue weighted by atomic mass is 10.1. The van der Waals surface area contributed by atoms with E-state index in [0.29, 0.717) is 25.1 Å². The Bertz CT molecular complexity index is 669. The first-order valence-electron chi connectivity index (χ1n) is 7.19. The maximum atomic E-state index is 12.8. The van der Waals surface area contributed by atoms with Crippen LogP contribution in [0.4, 0.5) is 14.9 Å². The molecule has 2 aromatic carbocycles. The van der Waals surface area contributed by atoms with Gasteiger partial charge in [0.15, 0.2) is 0 Å². The van der Waals surface area contributed by atoms with Gasteiger partial charge in [-0.1, -0.05) is 24.3 Å². The molecular formula is C17H18FN3O2. The van der Waals surface area contributed by atoms with Crippen LogP contribution in [0.5, 0.6) is 0 Å². The van der Waals surface area contributed by atoms with Crippen LogP contribution >= 0.6 is 0 Å². The number of urea groups is 1. The van der Waals surface area contributed by atoms with Gasteiger partial charge in [-0.2, -0.15) is 0 Å². The molecule has 0 heterocycles. The topological polar surface area (TPSA) is 84.2 Å². The second-order valence-electron chi connectivity index (χ2n) is 5.09. The minimum Gasteiger partial charge on any atom is -0.352 e. The summed E-state index contributed by atoms with van der Waals surface area (Å²) in [7, 11) is 0. The molecule has 4 N–H and O–H groups in total. The van der Waals surface area contributed by atoms with Crippen LogP contribution in [-0.2, 0) is 17.8 Å². The van der Waals surface area contributed by atoms with Gasteiger partial charge in [0.2, 0.25) is 5.91 Å². The average molecular weight is 315 g/mol. The zero-order valence-electron chi connectivity index (χ0n) is 12.5. The van der Waals surface area contributed by atoms with Gasteiger partial charge in [-0.3, -0.25) is 4.79 Å². The first kappa shape index (κ1) is 16.5. The van der Waals surface area contributed by atoms with Crippen molar-refractivity contribution in [3.63, 3.8) is 0 Å². The Hall–Kier alpha value is -2.89. The number of aryl methyl sites for hydroxylation is 1. The van der Waals surface area contributed by atoms with E-state index in [4.69, 9.17) is 5.73 Å². The van der Waals surface area contributed by atoms with Crippen molar-refractivity contribution in [3.8, 4) is 0 Å². The van der Waals surface area contributed by atoms with Crippen molar-refractivity contribution in [2.75, 3.05) is 5.32 Å². The van der Waals surface area contributed by atoms with Crippen molar-refractivity contribution >= 4 is 17.6 Å². The predicted octanol–water partition coefficient (Wildman–Crippen LogP) is 2.57. The van der Waals surface area contributed by atoms with Gasteiger partial charge >= 0.3 is 6.03 Å². The second-order valence-corrected chi connectivity index (χ2v) is 5.09. The van der Waals surface area contributed by atoms with E-state index in [0.717, 1.165) is 11.1 Å². The molecule has 0 unspecified atom stereocenters. The zero-order chi connectivity index (χ0) is 16.7. The number of anilines is 1. The Morgan fingerprint density at radius 3 is 2.17 bits per heavy atom. The van der Waals surface area contributed by atoms with E-state index in [-0.39, 0.29) is 11.7 Å². The van der Waals surface area contributed by atoms with Crippen LogP contribution in [0.15, 0.2) is 48.5 Å². The molecule has 0 atom stereocenters. The molecule has 0 saturated heterocycles. The van der Waals surface area contributed by atoms with E-state index in [1.165, 1.54) is 12.1 Å². The van der Waals surface area contributed by atoms with Crippen LogP contribution in [0.25, 0.3) is 0 Å². The van der Waals surface area contributed by atoms with Crippen molar-refractivity contribution in [1.29, 1.82) is 0 Å². The summed E-state index contributed by atoms with van der Waals surface area (Å²) in [5.41, 5.74) is 7.46. The van der Waals surface area contributed by atoms with Gasteiger partial charge in [0.25, 0.3) is 0 Å². The summed E-state index contributed by atoms with van der Waals surface area (Å²) < 4.78 is 12.8. The smallest absolute Gasteiger partial charge is 0.316 e. The summed E-state index contributed by atoms with van der Waals surface area (Å²) in [6, 6.07) is 12.5. The third-order valence-electron chi connectivity index (χ3n) is 3.27. The van der Waals surface area contributed by atoms with Crippen LogP contribution in [0.1, 0.15) is 17.5 Å². The normalized spacial score (nSPS) is 10.1. The molecule has 2 aromatic rings. The molecule has 0 radical (unpaired) electrons. The Labute approximate surface area is 133 Å². The van der Waals surface area contributed by atoms with Crippen LogP contribution in [-0.4, -0.2) is 11.9 Å². The van der Waals surface area contributed by atoms with Gasteiger partial charge in [-0.25, -0.2) is 9.18 Å². The number of amides is 3. The summed E-state index contributed by atoms with van der Waals surface area (Å²) >= 11 is 0. The van der Waals surface area contributed by atoms with Crippen LogP contribution in [0.3, 0.4) is 0 Å². The fourth-order valence-corrected chi connectivity index (χ4v) is 2.05. The molecule has 0 aliphatic heterocycles. The Balaban J connectivity index is 1.75. The van der Waals surface area contributed by atoms with E-state index >= 15 is 0 Å². The summed E-state index contributed by atoms with van der Waals surface area (Å²) in [6.07, 6.45) is 0.903. The second kappa shape index (κ2) is 7.93. The molecule has 0 spiro atoms. The van der Waals surface area contributed by atoms with Crippen LogP contribution < -0.4 is 16.4 Å². The number of rotatable bonds is 6. The van der Waals surface area contributed by atoms with Gasteiger partial charge in [0.1, 0.15) is 5.82 Å². The number of benzene rings is 2. The van der Waals surface area contributed by atoms with Gasteiger partial charge in [0, 0.05) is 18.7 Å². The number of hydrogen-bond acceptors (Lipinski definition) is 2. The lowest BCUT2D eigenvalue weighted by molar-refractivity contribution is -0.121. The number of carbonyl (C=O) groups is 2. The van der Waals surface area contributed by atoms with Crippen molar-refractivity contribution in [3.05, 3.63) is 65.5 Å². The zero-order valence-corrected chi connectivity index (χ0v) is 12.5. The summed E-state index contributed by atoms with van der Waals surface area (Å²) in [5.74, 6) is -0.360. The highest BCUT2D eigenvalue weighted by Gasteiger charge is 2.03. The minimum absolute atomic E-state index is 0.0753. The summed E-state index contributed by atoms with van der Waals surface area (Å²) in [6.45, 7) is 0.402. The largest absolute Gasteiger partial charge is 0.352 e. The van der Waals surface area contributed by atoms with Crippen molar-refractivity contribution in [2.45, 2.75) is 19.4 Å². The van der Waals surface area contributed by atoms with Crippen molar-refractivity contribution in [2.24, 2.45) is 5.73 Å². The third-order valence-corrected chi connectivity index (χ3v) is 3.27. The maximum Gasteiger partial charge on any atom is 0.316 e. The van der Waals surface area contributed by atoms with E-state index in [2.05, 4.69) is 10.6 Å². The highest BCUT2D eigenvalue weighted by molar-refractivity contribution is 5.87. The molecule has 0 aliphatic carbocycles. The molecule has 2 rings (SSSR count). The van der Waals surface area contributed by atoms with Gasteiger partial charge in [-0.05, 0) is 41.8 Å². The molecule has 120 valence electrons. The number of nitrogens with two attached hydrogens (primary N) is 1. The lowest BCUT2D eigenvalue weighted by Crippen LogP contribution is -2.23. The first-order valence-corrected chi connectivity index (χ1v) is 7.19. The monoisotopic (exact) mass is 315 g/mol. The predicted molar refractivity (Wildman–Crippen MR) is 86.2 cm³/mol. The van der Waals surface area contributed by atoms with Gasteiger partial charge in [-0.15, -0.1) is 0 Å². The average Bonchev–Trinajstić information content (AvgIpc) is 2.53. The van der Waals surface area contributed by atoms with E-state index < -0.39 is 6.03 Å². The quantitative estimate of drug-likeness (QED) is 0.765. The van der Waals surface area contributed by atoms with Crippen LogP contribution in [0.2, 0.25) is 0 Å². The Kier molecular flexibility index (Phi) is 5.68. The lowest BCUT2D eigenvalue weighted by Gasteiger charge is -2.07. The van der Waals surface area contributed by atoms with Gasteiger partial charge < -0.3 is 16.4 Å². The molecule has 0 saturated carbocycles. The van der Waals surface area contributed by atoms with Crippen molar-refractivity contribution in [1.82, 2.24) is 5.32 Å². The molecule has 0 aromatic heterocycles. The standard InChI is InChI=1S/C17H18FN3O2/c18-14-6-1-12(2-7-14)5-10-16(22)20-11-13-3-8-15(9-4-13)21-17(19)23/h1-4,6-9H,5,10-11H2,(H,20,22)(H3,19,21,23). The number of hydrogen-bond donors (Lipinski definition) is 3.